The van der Waals surface area contributed by atoms with Gasteiger partial charge in [0.25, 0.3) is 5.91 Å². The van der Waals surface area contributed by atoms with Gasteiger partial charge in [-0.15, -0.1) is 11.3 Å². The maximum absolute atomic E-state index is 13.3. The highest BCUT2D eigenvalue weighted by Crippen LogP contribution is 2.46. The van der Waals surface area contributed by atoms with Crippen LogP contribution in [0.3, 0.4) is 0 Å². The lowest BCUT2D eigenvalue weighted by atomic mass is 9.97. The highest BCUT2D eigenvalue weighted by molar-refractivity contribution is 7.13. The Morgan fingerprint density at radius 3 is 2.60 bits per heavy atom. The Balaban J connectivity index is 1.88. The number of aromatic nitrogens is 2. The minimum atomic E-state index is -0.570. The minimum Gasteiger partial charge on any atom is -0.497 e. The summed E-state index contributed by atoms with van der Waals surface area (Å²) in [6.07, 6.45) is -0.570. The second kappa shape index (κ2) is 8.47. The molecule has 158 valence electrons. The zero-order valence-electron chi connectivity index (χ0n) is 17.2. The number of aromatic amines is 1. The molecular formula is C21H23N3O5S. The molecule has 3 heterocycles. The number of nitrogens with one attached hydrogen (secondary N) is 1. The van der Waals surface area contributed by atoms with E-state index in [0.717, 1.165) is 21.7 Å². The van der Waals surface area contributed by atoms with Crippen LogP contribution in [0, 0.1) is 0 Å². The van der Waals surface area contributed by atoms with E-state index in [0.29, 0.717) is 17.2 Å². The number of ether oxygens (including phenoxy) is 4. The molecule has 0 fully saturated rings. The van der Waals surface area contributed by atoms with Gasteiger partial charge in [0.2, 0.25) is 0 Å². The van der Waals surface area contributed by atoms with Crippen LogP contribution < -0.4 is 9.47 Å². The predicted molar refractivity (Wildman–Crippen MR) is 112 cm³/mol. The summed E-state index contributed by atoms with van der Waals surface area (Å²) in [5.41, 5.74) is 2.87. The topological polar surface area (TPSA) is 85.9 Å². The molecule has 1 amide bonds. The van der Waals surface area contributed by atoms with Gasteiger partial charge in [0.05, 0.1) is 37.4 Å². The molecule has 0 saturated heterocycles. The first-order valence-electron chi connectivity index (χ1n) is 9.33. The Hall–Kier alpha value is -2.88. The molecule has 1 aliphatic heterocycles. The number of fused-ring (bicyclic) bond motifs is 1. The highest BCUT2D eigenvalue weighted by atomic mass is 32.1. The fourth-order valence-corrected chi connectivity index (χ4v) is 4.49. The molecule has 1 unspecified atom stereocenters. The van der Waals surface area contributed by atoms with Crippen molar-refractivity contribution in [2.75, 3.05) is 35.0 Å². The maximum Gasteiger partial charge on any atom is 0.275 e. The molecule has 30 heavy (non-hydrogen) atoms. The number of methoxy groups -OCH3 is 4. The molecule has 1 N–H and O–H groups in total. The van der Waals surface area contributed by atoms with Crippen molar-refractivity contribution in [2.24, 2.45) is 0 Å². The van der Waals surface area contributed by atoms with Crippen molar-refractivity contribution < 1.29 is 23.7 Å². The summed E-state index contributed by atoms with van der Waals surface area (Å²) in [6.45, 7) is 0.242. The second-order valence-corrected chi connectivity index (χ2v) is 7.65. The molecule has 0 saturated carbocycles. The zero-order valence-corrected chi connectivity index (χ0v) is 18.0. The SMILES string of the molecule is COc1ccc(C2c3c(n[nH]c3-c3cccs3)C(=O)N2CC(OC)OC)c(OC)c1. The summed E-state index contributed by atoms with van der Waals surface area (Å²) in [4.78, 5) is 16.0. The molecule has 0 radical (unpaired) electrons. The van der Waals surface area contributed by atoms with Crippen molar-refractivity contribution in [2.45, 2.75) is 12.3 Å². The van der Waals surface area contributed by atoms with Gasteiger partial charge in [-0.05, 0) is 23.6 Å². The third kappa shape index (κ3) is 3.34. The number of amides is 1. The number of hydrogen-bond acceptors (Lipinski definition) is 7. The van der Waals surface area contributed by atoms with E-state index >= 15 is 0 Å². The van der Waals surface area contributed by atoms with E-state index in [1.54, 1.807) is 44.7 Å². The van der Waals surface area contributed by atoms with Crippen molar-refractivity contribution in [1.29, 1.82) is 0 Å². The van der Waals surface area contributed by atoms with E-state index < -0.39 is 12.3 Å². The largest absolute Gasteiger partial charge is 0.497 e. The van der Waals surface area contributed by atoms with Crippen LogP contribution in [-0.4, -0.2) is 62.3 Å². The van der Waals surface area contributed by atoms with Crippen LogP contribution in [-0.2, 0) is 9.47 Å². The number of H-pyrrole nitrogens is 1. The lowest BCUT2D eigenvalue weighted by Gasteiger charge is -2.30. The zero-order chi connectivity index (χ0) is 21.3. The van der Waals surface area contributed by atoms with Crippen LogP contribution in [0.5, 0.6) is 11.5 Å². The number of nitrogens with zero attached hydrogens (tertiary/aromatic N) is 2. The van der Waals surface area contributed by atoms with E-state index in [-0.39, 0.29) is 12.5 Å². The van der Waals surface area contributed by atoms with Gasteiger partial charge in [-0.25, -0.2) is 0 Å². The summed E-state index contributed by atoms with van der Waals surface area (Å²) < 4.78 is 21.7. The van der Waals surface area contributed by atoms with Gasteiger partial charge < -0.3 is 23.8 Å². The molecule has 0 aliphatic carbocycles. The summed E-state index contributed by atoms with van der Waals surface area (Å²) in [5, 5.41) is 9.40. The number of thiophene rings is 1. The Bertz CT molecular complexity index is 1030. The minimum absolute atomic E-state index is 0.189. The molecule has 9 heteroatoms. The predicted octanol–water partition coefficient (Wildman–Crippen LogP) is 3.32. The van der Waals surface area contributed by atoms with Gasteiger partial charge >= 0.3 is 0 Å². The molecule has 8 nitrogen and oxygen atoms in total. The molecule has 1 aromatic carbocycles. The van der Waals surface area contributed by atoms with E-state index in [9.17, 15) is 4.79 Å². The average molecular weight is 429 g/mol. The van der Waals surface area contributed by atoms with E-state index in [4.69, 9.17) is 18.9 Å². The van der Waals surface area contributed by atoms with Gasteiger partial charge in [-0.3, -0.25) is 9.89 Å². The highest BCUT2D eigenvalue weighted by Gasteiger charge is 2.44. The number of carbonyl (C=O) groups excluding carboxylic acids is 1. The lowest BCUT2D eigenvalue weighted by Crippen LogP contribution is -2.38. The Morgan fingerprint density at radius 2 is 1.97 bits per heavy atom. The Morgan fingerprint density at radius 1 is 1.17 bits per heavy atom. The number of hydrogen-bond donors (Lipinski definition) is 1. The summed E-state index contributed by atoms with van der Waals surface area (Å²) in [7, 11) is 6.30. The Kier molecular flexibility index (Phi) is 5.76. The molecule has 1 aliphatic rings. The number of rotatable bonds is 8. The van der Waals surface area contributed by atoms with Crippen LogP contribution in [0.4, 0.5) is 0 Å². The summed E-state index contributed by atoms with van der Waals surface area (Å²) >= 11 is 1.58. The molecular weight excluding hydrogens is 406 g/mol. The van der Waals surface area contributed by atoms with Crippen molar-refractivity contribution in [3.8, 4) is 22.1 Å². The molecule has 1 atom stereocenters. The molecule has 0 bridgehead atoms. The van der Waals surface area contributed by atoms with Crippen molar-refractivity contribution >= 4 is 17.2 Å². The van der Waals surface area contributed by atoms with E-state index in [2.05, 4.69) is 10.2 Å². The van der Waals surface area contributed by atoms with Crippen LogP contribution >= 0.6 is 11.3 Å². The van der Waals surface area contributed by atoms with Gasteiger partial charge in [-0.2, -0.15) is 5.10 Å². The van der Waals surface area contributed by atoms with Gasteiger partial charge in [-0.1, -0.05) is 6.07 Å². The normalized spacial score (nSPS) is 15.7. The third-order valence-electron chi connectivity index (χ3n) is 5.23. The van der Waals surface area contributed by atoms with Gasteiger partial charge in [0.15, 0.2) is 12.0 Å². The summed E-state index contributed by atoms with van der Waals surface area (Å²) in [6, 6.07) is 9.13. The average Bonchev–Trinajstić information content (AvgIpc) is 3.50. The van der Waals surface area contributed by atoms with Crippen LogP contribution in [0.1, 0.15) is 27.7 Å². The fourth-order valence-electron chi connectivity index (χ4n) is 3.76. The standard InChI is InChI=1S/C21H23N3O5S/c1-26-12-7-8-13(14(10-12)27-2)20-17-18(15-6-5-9-30-15)22-23-19(17)21(25)24(20)11-16(28-3)29-4/h5-10,16,20H,11H2,1-4H3,(H,22,23). The fraction of sp³-hybridized carbons (Fsp3) is 0.333. The van der Waals surface area contributed by atoms with Crippen molar-refractivity contribution in [3.05, 3.63) is 52.5 Å². The van der Waals surface area contributed by atoms with Crippen molar-refractivity contribution in [1.82, 2.24) is 15.1 Å². The Labute approximate surface area is 178 Å². The first kappa shape index (κ1) is 20.4. The summed E-state index contributed by atoms with van der Waals surface area (Å²) in [5.74, 6) is 1.10. The maximum atomic E-state index is 13.3. The third-order valence-corrected chi connectivity index (χ3v) is 6.11. The smallest absolute Gasteiger partial charge is 0.275 e. The number of benzene rings is 1. The first-order chi connectivity index (χ1) is 14.6. The van der Waals surface area contributed by atoms with Gasteiger partial charge in [0, 0.05) is 31.4 Å². The second-order valence-electron chi connectivity index (χ2n) is 6.71. The van der Waals surface area contributed by atoms with Crippen LogP contribution in [0.15, 0.2) is 35.7 Å². The molecule has 2 aromatic heterocycles. The quantitative estimate of drug-likeness (QED) is 0.553. The van der Waals surface area contributed by atoms with Crippen LogP contribution in [0.25, 0.3) is 10.6 Å². The lowest BCUT2D eigenvalue weighted by molar-refractivity contribution is -0.113. The monoisotopic (exact) mass is 429 g/mol. The number of carbonyl (C=O) groups is 1. The van der Waals surface area contributed by atoms with E-state index in [1.165, 1.54) is 0 Å². The first-order valence-corrected chi connectivity index (χ1v) is 10.2. The van der Waals surface area contributed by atoms with Crippen molar-refractivity contribution in [3.63, 3.8) is 0 Å². The van der Waals surface area contributed by atoms with Crippen LogP contribution in [0.2, 0.25) is 0 Å². The molecule has 3 aromatic rings. The van der Waals surface area contributed by atoms with Gasteiger partial charge in [0.1, 0.15) is 11.5 Å². The van der Waals surface area contributed by atoms with E-state index in [1.807, 2.05) is 35.7 Å². The molecule has 0 spiro atoms. The molecule has 4 rings (SSSR count).